The molecule has 1 saturated heterocycles. The lowest BCUT2D eigenvalue weighted by Crippen LogP contribution is -2.36. The molecule has 156 valence electrons. The van der Waals surface area contributed by atoms with Crippen molar-refractivity contribution in [2.75, 3.05) is 19.6 Å². The summed E-state index contributed by atoms with van der Waals surface area (Å²) in [7, 11) is 0. The van der Waals surface area contributed by atoms with Gasteiger partial charge in [0.2, 0.25) is 0 Å². The Labute approximate surface area is 182 Å². The van der Waals surface area contributed by atoms with Crippen LogP contribution in [0.15, 0.2) is 85.2 Å². The van der Waals surface area contributed by atoms with Crippen LogP contribution in [0.4, 0.5) is 0 Å². The van der Waals surface area contributed by atoms with E-state index in [1.165, 1.54) is 18.4 Å². The van der Waals surface area contributed by atoms with Crippen molar-refractivity contribution >= 4 is 16.9 Å². The number of hydrogen-bond donors (Lipinski definition) is 1. The molecule has 5 rings (SSSR count). The highest BCUT2D eigenvalue weighted by molar-refractivity contribution is 5.94. The van der Waals surface area contributed by atoms with Crippen molar-refractivity contribution in [1.29, 1.82) is 0 Å². The lowest BCUT2D eigenvalue weighted by Gasteiger charge is -2.28. The minimum Gasteiger partial charge on any atom is -0.350 e. The highest BCUT2D eigenvalue weighted by Crippen LogP contribution is 2.24. The molecule has 0 radical (unpaired) electrons. The molecule has 0 spiro atoms. The first-order valence-corrected chi connectivity index (χ1v) is 10.9. The van der Waals surface area contributed by atoms with Gasteiger partial charge in [0.05, 0.1) is 17.1 Å². The zero-order chi connectivity index (χ0) is 21.0. The minimum atomic E-state index is -0.0397. The van der Waals surface area contributed by atoms with E-state index in [0.717, 1.165) is 29.8 Å². The molecule has 1 N–H and O–H groups in total. The first kappa shape index (κ1) is 19.5. The number of rotatable bonds is 6. The summed E-state index contributed by atoms with van der Waals surface area (Å²) in [6.07, 6.45) is 4.27. The molecule has 1 unspecified atom stereocenters. The second-order valence-electron chi connectivity index (χ2n) is 8.03. The molecule has 4 aromatic rings. The fourth-order valence-electron chi connectivity index (χ4n) is 4.42. The van der Waals surface area contributed by atoms with E-state index < -0.39 is 0 Å². The molecule has 31 heavy (non-hydrogen) atoms. The van der Waals surface area contributed by atoms with Crippen LogP contribution in [-0.2, 0) is 0 Å². The third-order valence-corrected chi connectivity index (χ3v) is 6.08. The van der Waals surface area contributed by atoms with Crippen molar-refractivity contribution < 1.29 is 4.79 Å². The van der Waals surface area contributed by atoms with Crippen LogP contribution in [0.25, 0.3) is 16.7 Å². The van der Waals surface area contributed by atoms with Crippen molar-refractivity contribution in [3.63, 3.8) is 0 Å². The van der Waals surface area contributed by atoms with Gasteiger partial charge in [0, 0.05) is 17.8 Å². The molecule has 5 heteroatoms. The molecule has 1 fully saturated rings. The zero-order valence-corrected chi connectivity index (χ0v) is 17.4. The average Bonchev–Trinajstić information content (AvgIpc) is 3.50. The second kappa shape index (κ2) is 8.74. The van der Waals surface area contributed by atoms with E-state index in [4.69, 9.17) is 0 Å². The third-order valence-electron chi connectivity index (χ3n) is 6.08. The van der Waals surface area contributed by atoms with Gasteiger partial charge >= 0.3 is 0 Å². The Morgan fingerprint density at radius 1 is 0.903 bits per heavy atom. The lowest BCUT2D eigenvalue weighted by molar-refractivity contribution is 0.0938. The standard InChI is InChI=1S/C26H26N4O/c31-26(27-18-25(29-16-6-7-17-29)20-8-2-1-3-9-20)21-12-14-22(15-13-21)30-19-28-23-10-4-5-11-24(23)30/h1-5,8-15,19,25H,6-7,16-18H2,(H,27,31). The quantitative estimate of drug-likeness (QED) is 0.506. The Bertz CT molecular complexity index is 1160. The topological polar surface area (TPSA) is 50.2 Å². The number of fused-ring (bicyclic) bond motifs is 1. The Balaban J connectivity index is 1.30. The van der Waals surface area contributed by atoms with Crippen LogP contribution in [0.5, 0.6) is 0 Å². The molecular formula is C26H26N4O. The number of para-hydroxylation sites is 2. The number of carbonyl (C=O) groups excluding carboxylic acids is 1. The SMILES string of the molecule is O=C(NCC(c1ccccc1)N1CCCC1)c1ccc(-n2cnc3ccccc32)cc1. The van der Waals surface area contributed by atoms with Gasteiger partial charge in [0.25, 0.3) is 5.91 Å². The minimum absolute atomic E-state index is 0.0397. The largest absolute Gasteiger partial charge is 0.350 e. The third kappa shape index (κ3) is 4.09. The molecule has 1 atom stereocenters. The summed E-state index contributed by atoms with van der Waals surface area (Å²) in [6, 6.07) is 26.4. The van der Waals surface area contributed by atoms with Crippen LogP contribution in [0, 0.1) is 0 Å². The second-order valence-corrected chi connectivity index (χ2v) is 8.03. The summed E-state index contributed by atoms with van der Waals surface area (Å²) >= 11 is 0. The maximum atomic E-state index is 12.9. The van der Waals surface area contributed by atoms with Crippen molar-refractivity contribution in [3.05, 3.63) is 96.3 Å². The number of carbonyl (C=O) groups is 1. The van der Waals surface area contributed by atoms with Gasteiger partial charge in [-0.2, -0.15) is 0 Å². The maximum absolute atomic E-state index is 12.9. The van der Waals surface area contributed by atoms with Gasteiger partial charge in [-0.15, -0.1) is 0 Å². The van der Waals surface area contributed by atoms with Crippen LogP contribution < -0.4 is 5.32 Å². The number of nitrogens with zero attached hydrogens (tertiary/aromatic N) is 3. The molecular weight excluding hydrogens is 384 g/mol. The van der Waals surface area contributed by atoms with Crippen molar-refractivity contribution in [2.24, 2.45) is 0 Å². The molecule has 5 nitrogen and oxygen atoms in total. The van der Waals surface area contributed by atoms with Crippen LogP contribution in [0.2, 0.25) is 0 Å². The predicted molar refractivity (Wildman–Crippen MR) is 123 cm³/mol. The summed E-state index contributed by atoms with van der Waals surface area (Å²) in [6.45, 7) is 2.78. The van der Waals surface area contributed by atoms with Gasteiger partial charge in [0.15, 0.2) is 0 Å². The Hall–Kier alpha value is -3.44. The summed E-state index contributed by atoms with van der Waals surface area (Å²) < 4.78 is 2.04. The normalized spacial score (nSPS) is 15.2. The number of imidazole rings is 1. The van der Waals surface area contributed by atoms with Crippen molar-refractivity contribution in [3.8, 4) is 5.69 Å². The van der Waals surface area contributed by atoms with Crippen LogP contribution in [0.1, 0.15) is 34.8 Å². The van der Waals surface area contributed by atoms with Crippen LogP contribution >= 0.6 is 0 Å². The fraction of sp³-hybridized carbons (Fsp3) is 0.231. The Morgan fingerprint density at radius 3 is 2.39 bits per heavy atom. The van der Waals surface area contributed by atoms with E-state index in [1.807, 2.05) is 65.5 Å². The van der Waals surface area contributed by atoms with Gasteiger partial charge in [-0.25, -0.2) is 4.98 Å². The molecule has 3 aromatic carbocycles. The van der Waals surface area contributed by atoms with E-state index >= 15 is 0 Å². The highest BCUT2D eigenvalue weighted by atomic mass is 16.1. The smallest absolute Gasteiger partial charge is 0.251 e. The molecule has 1 aromatic heterocycles. The van der Waals surface area contributed by atoms with Crippen molar-refractivity contribution in [1.82, 2.24) is 19.8 Å². The van der Waals surface area contributed by atoms with Crippen molar-refractivity contribution in [2.45, 2.75) is 18.9 Å². The predicted octanol–water partition coefficient (Wildman–Crippen LogP) is 4.59. The van der Waals surface area contributed by atoms with E-state index in [0.29, 0.717) is 12.1 Å². The van der Waals surface area contributed by atoms with Gasteiger partial charge < -0.3 is 5.32 Å². The number of aromatic nitrogens is 2. The molecule has 1 aliphatic rings. The van der Waals surface area contributed by atoms with E-state index in [2.05, 4.69) is 39.5 Å². The van der Waals surface area contributed by atoms with Gasteiger partial charge in [0.1, 0.15) is 6.33 Å². The number of nitrogens with one attached hydrogen (secondary N) is 1. The molecule has 1 amide bonds. The van der Waals surface area contributed by atoms with Gasteiger partial charge in [-0.3, -0.25) is 14.3 Å². The summed E-state index contributed by atoms with van der Waals surface area (Å²) in [5, 5.41) is 3.16. The Morgan fingerprint density at radius 2 is 1.61 bits per heavy atom. The number of amides is 1. The van der Waals surface area contributed by atoms with E-state index in [-0.39, 0.29) is 11.9 Å². The van der Waals surface area contributed by atoms with Gasteiger partial charge in [-0.05, 0) is 67.9 Å². The molecule has 1 aliphatic heterocycles. The lowest BCUT2D eigenvalue weighted by atomic mass is 10.1. The number of hydrogen-bond acceptors (Lipinski definition) is 3. The van der Waals surface area contributed by atoms with Crippen LogP contribution in [-0.4, -0.2) is 40.0 Å². The fourth-order valence-corrected chi connectivity index (χ4v) is 4.42. The van der Waals surface area contributed by atoms with Gasteiger partial charge in [-0.1, -0.05) is 42.5 Å². The molecule has 0 saturated carbocycles. The average molecular weight is 411 g/mol. The van der Waals surface area contributed by atoms with E-state index in [1.54, 1.807) is 0 Å². The monoisotopic (exact) mass is 410 g/mol. The first-order valence-electron chi connectivity index (χ1n) is 10.9. The number of benzene rings is 3. The highest BCUT2D eigenvalue weighted by Gasteiger charge is 2.24. The summed E-state index contributed by atoms with van der Waals surface area (Å²) in [5.41, 5.74) is 4.92. The Kier molecular flexibility index (Phi) is 5.50. The zero-order valence-electron chi connectivity index (χ0n) is 17.4. The summed E-state index contributed by atoms with van der Waals surface area (Å²) in [4.78, 5) is 19.8. The molecule has 2 heterocycles. The first-order chi connectivity index (χ1) is 15.3. The number of likely N-dealkylation sites (tertiary alicyclic amines) is 1. The molecule has 0 bridgehead atoms. The summed E-state index contributed by atoms with van der Waals surface area (Å²) in [5.74, 6) is -0.0397. The van der Waals surface area contributed by atoms with E-state index in [9.17, 15) is 4.79 Å². The van der Waals surface area contributed by atoms with Crippen LogP contribution in [0.3, 0.4) is 0 Å². The maximum Gasteiger partial charge on any atom is 0.251 e. The molecule has 0 aliphatic carbocycles.